The van der Waals surface area contributed by atoms with Gasteiger partial charge >= 0.3 is 0 Å². The first-order chi connectivity index (χ1) is 6.22. The van der Waals surface area contributed by atoms with E-state index in [9.17, 15) is 0 Å². The van der Waals surface area contributed by atoms with Crippen LogP contribution >= 0.6 is 11.8 Å². The largest absolute Gasteiger partial charge is 0.324 e. The molecule has 2 rings (SSSR count). The molecule has 2 aliphatic rings. The molecule has 0 aromatic rings. The van der Waals surface area contributed by atoms with Gasteiger partial charge in [-0.3, -0.25) is 0 Å². The Morgan fingerprint density at radius 2 is 2.31 bits per heavy atom. The van der Waals surface area contributed by atoms with Crippen LogP contribution in [0.5, 0.6) is 0 Å². The van der Waals surface area contributed by atoms with E-state index in [2.05, 4.69) is 11.2 Å². The summed E-state index contributed by atoms with van der Waals surface area (Å²) in [6.07, 6.45) is 7.47. The molecule has 0 radical (unpaired) electrons. The smallest absolute Gasteiger partial charge is 0.0284 e. The predicted molar refractivity (Wildman–Crippen MR) is 59.1 cm³/mol. The first-order valence-electron chi connectivity index (χ1n) is 5.26. The molecule has 2 nitrogen and oxygen atoms in total. The Hall–Kier alpha value is 0.270. The van der Waals surface area contributed by atoms with Gasteiger partial charge in [-0.25, -0.2) is 0 Å². The van der Waals surface area contributed by atoms with Crippen molar-refractivity contribution in [2.24, 2.45) is 5.73 Å². The maximum Gasteiger partial charge on any atom is 0.0284 e. The Balaban J connectivity index is 1.78. The fraction of sp³-hybridized carbons (Fsp3) is 1.00. The van der Waals surface area contributed by atoms with Crippen LogP contribution in [0, 0.1) is 0 Å². The van der Waals surface area contributed by atoms with E-state index in [-0.39, 0.29) is 5.54 Å². The lowest BCUT2D eigenvalue weighted by molar-refractivity contribution is 0.215. The molecule has 1 saturated heterocycles. The summed E-state index contributed by atoms with van der Waals surface area (Å²) in [6, 6.07) is 0. The first kappa shape index (κ1) is 9.81. The van der Waals surface area contributed by atoms with Gasteiger partial charge in [-0.15, -0.1) is 0 Å². The summed E-state index contributed by atoms with van der Waals surface area (Å²) in [5.41, 5.74) is 6.32. The summed E-state index contributed by atoms with van der Waals surface area (Å²) < 4.78 is 0. The number of nitrogens with two attached hydrogens (primary N) is 1. The van der Waals surface area contributed by atoms with Crippen LogP contribution in [0.15, 0.2) is 0 Å². The highest BCUT2D eigenvalue weighted by Crippen LogP contribution is 2.34. The predicted octanol–water partition coefficient (Wildman–Crippen LogP) is 1.31. The number of rotatable bonds is 3. The van der Waals surface area contributed by atoms with Gasteiger partial charge in [-0.1, -0.05) is 0 Å². The van der Waals surface area contributed by atoms with Crippen molar-refractivity contribution in [2.75, 3.05) is 25.9 Å². The van der Waals surface area contributed by atoms with E-state index in [0.717, 1.165) is 11.8 Å². The van der Waals surface area contributed by atoms with Crippen LogP contribution in [-0.4, -0.2) is 41.6 Å². The van der Waals surface area contributed by atoms with Gasteiger partial charge < -0.3 is 10.6 Å². The van der Waals surface area contributed by atoms with Gasteiger partial charge in [0.05, 0.1) is 0 Å². The zero-order chi connectivity index (χ0) is 9.31. The lowest BCUT2D eigenvalue weighted by Gasteiger charge is -2.33. The van der Waals surface area contributed by atoms with Crippen LogP contribution in [0.2, 0.25) is 0 Å². The summed E-state index contributed by atoms with van der Waals surface area (Å²) in [5.74, 6) is 0. The van der Waals surface area contributed by atoms with Crippen LogP contribution in [0.4, 0.5) is 0 Å². The minimum atomic E-state index is 0.209. The molecular formula is C10H20N2S. The average Bonchev–Trinajstić information content (AvgIpc) is 2.84. The number of nitrogens with zero attached hydrogens (tertiary/aromatic N) is 1. The van der Waals surface area contributed by atoms with E-state index < -0.39 is 0 Å². The Bertz CT molecular complexity index is 180. The molecule has 0 bridgehead atoms. The first-order valence-corrected chi connectivity index (χ1v) is 6.55. The van der Waals surface area contributed by atoms with Crippen molar-refractivity contribution in [1.29, 1.82) is 0 Å². The summed E-state index contributed by atoms with van der Waals surface area (Å²) in [4.78, 5) is 2.57. The standard InChI is InChI=1S/C10H20N2S/c1-13-9-3-2-6-12(7-9)8-10(11)4-5-10/h9H,2-8,11H2,1H3. The van der Waals surface area contributed by atoms with Crippen LogP contribution < -0.4 is 5.73 Å². The van der Waals surface area contributed by atoms with E-state index in [1.165, 1.54) is 38.8 Å². The van der Waals surface area contributed by atoms with Crippen molar-refractivity contribution in [3.05, 3.63) is 0 Å². The topological polar surface area (TPSA) is 29.3 Å². The van der Waals surface area contributed by atoms with Gasteiger partial charge in [0.2, 0.25) is 0 Å². The highest BCUT2D eigenvalue weighted by atomic mass is 32.2. The second kappa shape index (κ2) is 3.79. The lowest BCUT2D eigenvalue weighted by Crippen LogP contribution is -2.45. The molecule has 1 unspecified atom stereocenters. The SMILES string of the molecule is CSC1CCCN(CC2(N)CC2)C1. The van der Waals surface area contributed by atoms with Gasteiger partial charge in [-0.05, 0) is 38.5 Å². The maximum absolute atomic E-state index is 6.12. The fourth-order valence-corrected chi connectivity index (χ4v) is 2.88. The van der Waals surface area contributed by atoms with E-state index in [0.29, 0.717) is 0 Å². The Morgan fingerprint density at radius 3 is 2.92 bits per heavy atom. The van der Waals surface area contributed by atoms with Gasteiger partial charge in [0.1, 0.15) is 0 Å². The highest BCUT2D eigenvalue weighted by molar-refractivity contribution is 7.99. The molecule has 1 aliphatic carbocycles. The van der Waals surface area contributed by atoms with Gasteiger partial charge in [0.25, 0.3) is 0 Å². The number of piperidine rings is 1. The molecule has 13 heavy (non-hydrogen) atoms. The van der Waals surface area contributed by atoms with Crippen LogP contribution in [0.1, 0.15) is 25.7 Å². The molecule has 1 aliphatic heterocycles. The monoisotopic (exact) mass is 200 g/mol. The molecule has 0 amide bonds. The lowest BCUT2D eigenvalue weighted by atomic mass is 10.1. The maximum atomic E-state index is 6.12. The quantitative estimate of drug-likeness (QED) is 0.745. The second-order valence-corrected chi connectivity index (χ2v) is 5.74. The molecule has 1 heterocycles. The molecule has 3 heteroatoms. The van der Waals surface area contributed by atoms with Gasteiger partial charge in [0, 0.05) is 23.9 Å². The highest BCUT2D eigenvalue weighted by Gasteiger charge is 2.40. The zero-order valence-electron chi connectivity index (χ0n) is 8.46. The van der Waals surface area contributed by atoms with E-state index >= 15 is 0 Å². The number of hydrogen-bond donors (Lipinski definition) is 1. The molecule has 2 fully saturated rings. The van der Waals surface area contributed by atoms with Gasteiger partial charge in [0.15, 0.2) is 0 Å². The fourth-order valence-electron chi connectivity index (χ4n) is 2.11. The number of hydrogen-bond acceptors (Lipinski definition) is 3. The van der Waals surface area contributed by atoms with Crippen molar-refractivity contribution in [3.8, 4) is 0 Å². The van der Waals surface area contributed by atoms with Crippen LogP contribution in [0.25, 0.3) is 0 Å². The van der Waals surface area contributed by atoms with E-state index in [4.69, 9.17) is 5.73 Å². The molecule has 1 saturated carbocycles. The minimum Gasteiger partial charge on any atom is -0.324 e. The van der Waals surface area contributed by atoms with E-state index in [1.54, 1.807) is 0 Å². The number of likely N-dealkylation sites (tertiary alicyclic amines) is 1. The summed E-state index contributed by atoms with van der Waals surface area (Å²) >= 11 is 2.01. The molecule has 76 valence electrons. The van der Waals surface area contributed by atoms with Crippen molar-refractivity contribution in [2.45, 2.75) is 36.5 Å². The third-order valence-electron chi connectivity index (χ3n) is 3.23. The second-order valence-electron chi connectivity index (χ2n) is 4.60. The Kier molecular flexibility index (Phi) is 2.86. The van der Waals surface area contributed by atoms with Crippen molar-refractivity contribution in [3.63, 3.8) is 0 Å². The minimum absolute atomic E-state index is 0.209. The molecule has 0 spiro atoms. The van der Waals surface area contributed by atoms with Crippen LogP contribution in [-0.2, 0) is 0 Å². The molecule has 1 atom stereocenters. The summed E-state index contributed by atoms with van der Waals surface area (Å²) in [7, 11) is 0. The molecule has 0 aromatic heterocycles. The van der Waals surface area contributed by atoms with Crippen molar-refractivity contribution in [1.82, 2.24) is 4.90 Å². The average molecular weight is 200 g/mol. The molecule has 2 N–H and O–H groups in total. The Labute approximate surface area is 85.2 Å². The molecular weight excluding hydrogens is 180 g/mol. The van der Waals surface area contributed by atoms with Crippen molar-refractivity contribution >= 4 is 11.8 Å². The Morgan fingerprint density at radius 1 is 1.54 bits per heavy atom. The third-order valence-corrected chi connectivity index (χ3v) is 4.28. The number of thioether (sulfide) groups is 1. The van der Waals surface area contributed by atoms with Crippen LogP contribution in [0.3, 0.4) is 0 Å². The summed E-state index contributed by atoms with van der Waals surface area (Å²) in [5, 5.41) is 0.857. The van der Waals surface area contributed by atoms with E-state index in [1.807, 2.05) is 11.8 Å². The third kappa shape index (κ3) is 2.61. The zero-order valence-corrected chi connectivity index (χ0v) is 9.28. The normalized spacial score (nSPS) is 33.2. The summed E-state index contributed by atoms with van der Waals surface area (Å²) in [6.45, 7) is 3.68. The van der Waals surface area contributed by atoms with Crippen molar-refractivity contribution < 1.29 is 0 Å². The molecule has 0 aromatic carbocycles. The van der Waals surface area contributed by atoms with Gasteiger partial charge in [-0.2, -0.15) is 11.8 Å².